The van der Waals surface area contributed by atoms with Gasteiger partial charge in [0.1, 0.15) is 5.60 Å². The van der Waals surface area contributed by atoms with Crippen LogP contribution in [0.3, 0.4) is 0 Å². The first kappa shape index (κ1) is 16.8. The van der Waals surface area contributed by atoms with Gasteiger partial charge in [-0.25, -0.2) is 4.79 Å². The Bertz CT molecular complexity index is 494. The molecule has 4 N–H and O–H groups in total. The molecule has 0 aromatic heterocycles. The highest BCUT2D eigenvalue weighted by Gasteiger charge is 2.20. The van der Waals surface area contributed by atoms with Crippen molar-refractivity contribution in [2.75, 3.05) is 5.32 Å². The molecule has 1 aromatic rings. The zero-order valence-electron chi connectivity index (χ0n) is 13.7. The average molecular weight is 305 g/mol. The second-order valence-electron chi connectivity index (χ2n) is 6.97. The Balaban J connectivity index is 1.79. The molecule has 1 fully saturated rings. The molecule has 1 amide bonds. The van der Waals surface area contributed by atoms with Gasteiger partial charge in [-0.05, 0) is 57.7 Å². The second kappa shape index (κ2) is 7.11. The normalized spacial score (nSPS) is 21.6. The maximum Gasteiger partial charge on any atom is 0.412 e. The van der Waals surface area contributed by atoms with E-state index >= 15 is 0 Å². The second-order valence-corrected chi connectivity index (χ2v) is 6.97. The predicted octanol–water partition coefficient (Wildman–Crippen LogP) is 3.00. The van der Waals surface area contributed by atoms with Crippen LogP contribution < -0.4 is 16.4 Å². The average Bonchev–Trinajstić information content (AvgIpc) is 2.81. The summed E-state index contributed by atoms with van der Waals surface area (Å²) in [4.78, 5) is 11.7. The maximum absolute atomic E-state index is 11.7. The lowest BCUT2D eigenvalue weighted by molar-refractivity contribution is 0.0636. The minimum atomic E-state index is -0.490. The Morgan fingerprint density at radius 1 is 1.27 bits per heavy atom. The van der Waals surface area contributed by atoms with E-state index in [-0.39, 0.29) is 0 Å². The van der Waals surface area contributed by atoms with Crippen LogP contribution in [0, 0.1) is 0 Å². The highest BCUT2D eigenvalue weighted by molar-refractivity contribution is 5.84. The van der Waals surface area contributed by atoms with Crippen molar-refractivity contribution in [1.82, 2.24) is 5.32 Å². The van der Waals surface area contributed by atoms with Crippen molar-refractivity contribution >= 4 is 11.8 Å². The van der Waals surface area contributed by atoms with Crippen molar-refractivity contribution in [2.45, 2.75) is 64.3 Å². The summed E-state index contributed by atoms with van der Waals surface area (Å²) in [5.41, 5.74) is 7.35. The van der Waals surface area contributed by atoms with Crippen LogP contribution in [-0.2, 0) is 11.3 Å². The lowest BCUT2D eigenvalue weighted by Gasteiger charge is -2.19. The van der Waals surface area contributed by atoms with Crippen LogP contribution in [0.4, 0.5) is 10.5 Å². The van der Waals surface area contributed by atoms with Gasteiger partial charge in [0.15, 0.2) is 0 Å². The molecular weight excluding hydrogens is 278 g/mol. The Labute approximate surface area is 132 Å². The molecule has 1 saturated carbocycles. The first-order valence-corrected chi connectivity index (χ1v) is 7.90. The fraction of sp³-hybridized carbons (Fsp3) is 0.588. The molecule has 122 valence electrons. The summed E-state index contributed by atoms with van der Waals surface area (Å²) in [6, 6.07) is 8.67. The first-order valence-electron chi connectivity index (χ1n) is 7.90. The van der Waals surface area contributed by atoms with Crippen LogP contribution in [0.2, 0.25) is 0 Å². The highest BCUT2D eigenvalue weighted by atomic mass is 16.6. The molecule has 2 unspecified atom stereocenters. The van der Waals surface area contributed by atoms with E-state index in [1.165, 1.54) is 5.56 Å². The summed E-state index contributed by atoms with van der Waals surface area (Å²) < 4.78 is 5.22. The van der Waals surface area contributed by atoms with E-state index in [0.29, 0.717) is 12.1 Å². The number of hydrogen-bond donors (Lipinski definition) is 3. The SMILES string of the molecule is CC(C)(C)OC(=O)Nc1ccc(CNC2CCC(N)C2)cc1. The summed E-state index contributed by atoms with van der Waals surface area (Å²) in [6.07, 6.45) is 2.88. The number of anilines is 1. The number of nitrogens with one attached hydrogen (secondary N) is 2. The van der Waals surface area contributed by atoms with Gasteiger partial charge in [-0.2, -0.15) is 0 Å². The first-order chi connectivity index (χ1) is 10.3. The number of nitrogens with two attached hydrogens (primary N) is 1. The van der Waals surface area contributed by atoms with Crippen LogP contribution >= 0.6 is 0 Å². The molecule has 1 aliphatic carbocycles. The molecule has 0 heterocycles. The summed E-state index contributed by atoms with van der Waals surface area (Å²) in [7, 11) is 0. The standard InChI is InChI=1S/C17H27N3O2/c1-17(2,3)22-16(21)20-14-7-4-12(5-8-14)11-19-15-9-6-13(18)10-15/h4-5,7-8,13,15,19H,6,9-11,18H2,1-3H3,(H,20,21). The van der Waals surface area contributed by atoms with Gasteiger partial charge in [-0.15, -0.1) is 0 Å². The van der Waals surface area contributed by atoms with Crippen LogP contribution in [0.25, 0.3) is 0 Å². The fourth-order valence-electron chi connectivity index (χ4n) is 2.59. The number of amides is 1. The lowest BCUT2D eigenvalue weighted by atomic mass is 10.1. The van der Waals surface area contributed by atoms with E-state index < -0.39 is 11.7 Å². The third-order valence-corrected chi connectivity index (χ3v) is 3.67. The zero-order valence-corrected chi connectivity index (χ0v) is 13.7. The number of ether oxygens (including phenoxy) is 1. The van der Waals surface area contributed by atoms with Gasteiger partial charge >= 0.3 is 6.09 Å². The molecule has 0 saturated heterocycles. The van der Waals surface area contributed by atoms with Crippen molar-refractivity contribution < 1.29 is 9.53 Å². The zero-order chi connectivity index (χ0) is 16.2. The Kier molecular flexibility index (Phi) is 5.42. The number of carbonyl (C=O) groups excluding carboxylic acids is 1. The van der Waals surface area contributed by atoms with Gasteiger partial charge in [-0.3, -0.25) is 5.32 Å². The summed E-state index contributed by atoms with van der Waals surface area (Å²) in [5.74, 6) is 0. The number of carbonyl (C=O) groups is 1. The topological polar surface area (TPSA) is 76.4 Å². The Hall–Kier alpha value is -1.59. The Morgan fingerprint density at radius 2 is 1.95 bits per heavy atom. The fourth-order valence-corrected chi connectivity index (χ4v) is 2.59. The van der Waals surface area contributed by atoms with E-state index in [9.17, 15) is 4.79 Å². The minimum Gasteiger partial charge on any atom is -0.444 e. The van der Waals surface area contributed by atoms with Crippen molar-refractivity contribution in [3.05, 3.63) is 29.8 Å². The third kappa shape index (κ3) is 5.66. The molecular formula is C17H27N3O2. The van der Waals surface area contributed by atoms with Crippen molar-refractivity contribution in [3.8, 4) is 0 Å². The van der Waals surface area contributed by atoms with Crippen LogP contribution in [0.5, 0.6) is 0 Å². The quantitative estimate of drug-likeness (QED) is 0.799. The number of rotatable bonds is 4. The summed E-state index contributed by atoms with van der Waals surface area (Å²) in [5, 5.41) is 6.26. The molecule has 5 nitrogen and oxygen atoms in total. The van der Waals surface area contributed by atoms with Gasteiger partial charge in [0.25, 0.3) is 0 Å². The monoisotopic (exact) mass is 305 g/mol. The van der Waals surface area contributed by atoms with Crippen LogP contribution in [-0.4, -0.2) is 23.8 Å². The highest BCUT2D eigenvalue weighted by Crippen LogP contribution is 2.18. The smallest absolute Gasteiger partial charge is 0.412 e. The Morgan fingerprint density at radius 3 is 2.50 bits per heavy atom. The third-order valence-electron chi connectivity index (χ3n) is 3.67. The largest absolute Gasteiger partial charge is 0.444 e. The molecule has 0 spiro atoms. The van der Waals surface area contributed by atoms with E-state index in [2.05, 4.69) is 10.6 Å². The predicted molar refractivity (Wildman–Crippen MR) is 88.8 cm³/mol. The van der Waals surface area contributed by atoms with Crippen molar-refractivity contribution in [3.63, 3.8) is 0 Å². The van der Waals surface area contributed by atoms with Gasteiger partial charge in [0.05, 0.1) is 0 Å². The lowest BCUT2D eigenvalue weighted by Crippen LogP contribution is -2.28. The van der Waals surface area contributed by atoms with E-state index in [1.807, 2.05) is 45.0 Å². The molecule has 1 aliphatic rings. The molecule has 2 atom stereocenters. The number of benzene rings is 1. The summed E-state index contributed by atoms with van der Waals surface area (Å²) in [6.45, 7) is 6.35. The van der Waals surface area contributed by atoms with Crippen LogP contribution in [0.15, 0.2) is 24.3 Å². The van der Waals surface area contributed by atoms with Gasteiger partial charge in [-0.1, -0.05) is 12.1 Å². The van der Waals surface area contributed by atoms with E-state index in [0.717, 1.165) is 31.5 Å². The maximum atomic E-state index is 11.7. The molecule has 0 radical (unpaired) electrons. The summed E-state index contributed by atoms with van der Waals surface area (Å²) >= 11 is 0. The molecule has 2 rings (SSSR count). The van der Waals surface area contributed by atoms with Gasteiger partial charge in [0.2, 0.25) is 0 Å². The molecule has 1 aromatic carbocycles. The molecule has 0 aliphatic heterocycles. The van der Waals surface area contributed by atoms with Crippen LogP contribution in [0.1, 0.15) is 45.6 Å². The van der Waals surface area contributed by atoms with Gasteiger partial charge in [0, 0.05) is 24.3 Å². The molecule has 22 heavy (non-hydrogen) atoms. The van der Waals surface area contributed by atoms with Gasteiger partial charge < -0.3 is 15.8 Å². The van der Waals surface area contributed by atoms with E-state index in [1.54, 1.807) is 0 Å². The van der Waals surface area contributed by atoms with E-state index in [4.69, 9.17) is 10.5 Å². The molecule has 5 heteroatoms. The molecule has 0 bridgehead atoms. The minimum absolute atomic E-state index is 0.345. The van der Waals surface area contributed by atoms with Crippen molar-refractivity contribution in [1.29, 1.82) is 0 Å². The number of hydrogen-bond acceptors (Lipinski definition) is 4. The van der Waals surface area contributed by atoms with Crippen molar-refractivity contribution in [2.24, 2.45) is 5.73 Å².